The van der Waals surface area contributed by atoms with E-state index in [2.05, 4.69) is 6.07 Å². The van der Waals surface area contributed by atoms with Gasteiger partial charge >= 0.3 is 5.97 Å². The van der Waals surface area contributed by atoms with Crippen LogP contribution >= 0.6 is 0 Å². The van der Waals surface area contributed by atoms with E-state index in [0.717, 1.165) is 24.5 Å². The molecule has 1 N–H and O–H groups in total. The second-order valence-corrected chi connectivity index (χ2v) is 4.51. The lowest BCUT2D eigenvalue weighted by molar-refractivity contribution is -0.140. The van der Waals surface area contributed by atoms with Gasteiger partial charge in [0.2, 0.25) is 0 Å². The number of carbonyl (C=O) groups is 1. The molecule has 1 unspecified atom stereocenters. The van der Waals surface area contributed by atoms with E-state index in [9.17, 15) is 4.79 Å². The summed E-state index contributed by atoms with van der Waals surface area (Å²) in [6.07, 6.45) is 0.936. The first-order chi connectivity index (χ1) is 8.08. The lowest BCUT2D eigenvalue weighted by atomic mass is 10.1. The first-order valence-corrected chi connectivity index (χ1v) is 5.77. The molecule has 0 saturated carbocycles. The summed E-state index contributed by atoms with van der Waals surface area (Å²) in [5, 5.41) is 8.89. The Morgan fingerprint density at radius 3 is 3.06 bits per heavy atom. The summed E-state index contributed by atoms with van der Waals surface area (Å²) in [5.41, 5.74) is 2.25. The highest BCUT2D eigenvalue weighted by Crippen LogP contribution is 2.29. The Labute approximate surface area is 101 Å². The van der Waals surface area contributed by atoms with Gasteiger partial charge in [0.05, 0.1) is 12.5 Å². The molecule has 1 aromatic rings. The van der Waals surface area contributed by atoms with Crippen molar-refractivity contribution in [1.82, 2.24) is 0 Å². The number of hydrogen-bond acceptors (Lipinski definition) is 3. The molecule has 4 nitrogen and oxygen atoms in total. The number of hydrogen-bond donors (Lipinski definition) is 1. The fourth-order valence-electron chi connectivity index (χ4n) is 2.00. The van der Waals surface area contributed by atoms with Gasteiger partial charge in [-0.1, -0.05) is 6.92 Å². The molecule has 92 valence electrons. The Morgan fingerprint density at radius 1 is 1.59 bits per heavy atom. The minimum absolute atomic E-state index is 0.371. The van der Waals surface area contributed by atoms with E-state index in [-0.39, 0.29) is 5.92 Å². The zero-order valence-corrected chi connectivity index (χ0v) is 10.1. The first-order valence-electron chi connectivity index (χ1n) is 5.77. The molecule has 4 heteroatoms. The topological polar surface area (TPSA) is 49.8 Å². The summed E-state index contributed by atoms with van der Waals surface area (Å²) in [6.45, 7) is 2.97. The highest BCUT2D eigenvalue weighted by Gasteiger charge is 2.16. The molecule has 17 heavy (non-hydrogen) atoms. The first kappa shape index (κ1) is 11.8. The van der Waals surface area contributed by atoms with Crippen LogP contribution in [0.2, 0.25) is 0 Å². The maximum Gasteiger partial charge on any atom is 0.308 e. The van der Waals surface area contributed by atoms with Crippen LogP contribution in [-0.2, 0) is 11.2 Å². The van der Waals surface area contributed by atoms with E-state index >= 15 is 0 Å². The van der Waals surface area contributed by atoms with Gasteiger partial charge in [0.1, 0.15) is 5.75 Å². The molecular formula is C13H17NO3. The van der Waals surface area contributed by atoms with Crippen molar-refractivity contribution in [2.45, 2.75) is 13.3 Å². The van der Waals surface area contributed by atoms with Crippen molar-refractivity contribution in [3.63, 3.8) is 0 Å². The molecule has 0 saturated heterocycles. The number of benzene rings is 1. The molecule has 0 bridgehead atoms. The second kappa shape index (κ2) is 4.65. The van der Waals surface area contributed by atoms with E-state index in [4.69, 9.17) is 9.84 Å². The van der Waals surface area contributed by atoms with Crippen molar-refractivity contribution in [2.24, 2.45) is 5.92 Å². The fourth-order valence-corrected chi connectivity index (χ4v) is 2.00. The Kier molecular flexibility index (Phi) is 3.22. The number of fused-ring (bicyclic) bond motifs is 1. The molecule has 1 aromatic carbocycles. The molecule has 0 radical (unpaired) electrons. The average Bonchev–Trinajstić information content (AvgIpc) is 2.75. The van der Waals surface area contributed by atoms with E-state index in [1.165, 1.54) is 5.56 Å². The largest absolute Gasteiger partial charge is 0.493 e. The van der Waals surface area contributed by atoms with Crippen molar-refractivity contribution >= 4 is 11.7 Å². The number of anilines is 1. The van der Waals surface area contributed by atoms with Crippen LogP contribution in [0.1, 0.15) is 12.5 Å². The smallest absolute Gasteiger partial charge is 0.308 e. The summed E-state index contributed by atoms with van der Waals surface area (Å²) < 4.78 is 5.44. The van der Waals surface area contributed by atoms with Gasteiger partial charge in [-0.25, -0.2) is 0 Å². The van der Waals surface area contributed by atoms with E-state index in [0.29, 0.717) is 6.54 Å². The Bertz CT molecular complexity index is 431. The lowest BCUT2D eigenvalue weighted by Crippen LogP contribution is -2.28. The normalized spacial score (nSPS) is 14.9. The number of aliphatic carboxylic acids is 1. The maximum absolute atomic E-state index is 10.8. The fraction of sp³-hybridized carbons (Fsp3) is 0.462. The minimum Gasteiger partial charge on any atom is -0.493 e. The van der Waals surface area contributed by atoms with Crippen LogP contribution in [0.25, 0.3) is 0 Å². The number of ether oxygens (including phenoxy) is 1. The maximum atomic E-state index is 10.8. The number of carboxylic acid groups (broad SMARTS) is 1. The molecule has 2 rings (SSSR count). The highest BCUT2D eigenvalue weighted by atomic mass is 16.5. The Hall–Kier alpha value is -1.71. The number of carboxylic acids is 1. The van der Waals surface area contributed by atoms with Crippen LogP contribution in [0.15, 0.2) is 18.2 Å². The third kappa shape index (κ3) is 2.52. The SMILES string of the molecule is CC(CN(C)c1ccc2c(c1)CCO2)C(=O)O. The van der Waals surface area contributed by atoms with E-state index in [1.54, 1.807) is 6.92 Å². The molecule has 0 fully saturated rings. The van der Waals surface area contributed by atoms with Crippen molar-refractivity contribution in [3.05, 3.63) is 23.8 Å². The molecule has 0 amide bonds. The summed E-state index contributed by atoms with van der Waals surface area (Å²) in [4.78, 5) is 12.8. The van der Waals surface area contributed by atoms with Crippen LogP contribution < -0.4 is 9.64 Å². The quantitative estimate of drug-likeness (QED) is 0.864. The summed E-state index contributed by atoms with van der Waals surface area (Å²) >= 11 is 0. The van der Waals surface area contributed by atoms with Gasteiger partial charge < -0.3 is 14.7 Å². The number of rotatable bonds is 4. The summed E-state index contributed by atoms with van der Waals surface area (Å²) in [5.74, 6) is -0.181. The molecule has 1 aliphatic rings. The van der Waals surface area contributed by atoms with Gasteiger partial charge in [0.25, 0.3) is 0 Å². The van der Waals surface area contributed by atoms with Crippen LogP contribution in [-0.4, -0.2) is 31.3 Å². The minimum atomic E-state index is -0.763. The monoisotopic (exact) mass is 235 g/mol. The van der Waals surface area contributed by atoms with Gasteiger partial charge in [-0.15, -0.1) is 0 Å². The summed E-state index contributed by atoms with van der Waals surface area (Å²) in [6, 6.07) is 6.01. The summed E-state index contributed by atoms with van der Waals surface area (Å²) in [7, 11) is 1.91. The van der Waals surface area contributed by atoms with Crippen LogP contribution in [0.3, 0.4) is 0 Å². The molecule has 1 heterocycles. The predicted molar refractivity (Wildman–Crippen MR) is 65.7 cm³/mol. The zero-order valence-electron chi connectivity index (χ0n) is 10.1. The van der Waals surface area contributed by atoms with Crippen molar-refractivity contribution in [3.8, 4) is 5.75 Å². The van der Waals surface area contributed by atoms with Gasteiger partial charge in [0, 0.05) is 25.7 Å². The van der Waals surface area contributed by atoms with Gasteiger partial charge in [-0.2, -0.15) is 0 Å². The van der Waals surface area contributed by atoms with E-state index in [1.807, 2.05) is 24.1 Å². The van der Waals surface area contributed by atoms with E-state index < -0.39 is 5.97 Å². The van der Waals surface area contributed by atoms with Crippen molar-refractivity contribution in [2.75, 3.05) is 25.1 Å². The van der Waals surface area contributed by atoms with Gasteiger partial charge in [-0.3, -0.25) is 4.79 Å². The number of nitrogens with zero attached hydrogens (tertiary/aromatic N) is 1. The molecule has 1 atom stereocenters. The van der Waals surface area contributed by atoms with Crippen molar-refractivity contribution < 1.29 is 14.6 Å². The third-order valence-electron chi connectivity index (χ3n) is 3.08. The average molecular weight is 235 g/mol. The predicted octanol–water partition coefficient (Wildman–Crippen LogP) is 1.78. The second-order valence-electron chi connectivity index (χ2n) is 4.51. The Balaban J connectivity index is 2.09. The Morgan fingerprint density at radius 2 is 2.35 bits per heavy atom. The van der Waals surface area contributed by atoms with Crippen LogP contribution in [0, 0.1) is 5.92 Å². The molecule has 0 aromatic heterocycles. The van der Waals surface area contributed by atoms with Gasteiger partial charge in [0.15, 0.2) is 0 Å². The molecular weight excluding hydrogens is 218 g/mol. The highest BCUT2D eigenvalue weighted by molar-refractivity contribution is 5.70. The van der Waals surface area contributed by atoms with Crippen molar-refractivity contribution in [1.29, 1.82) is 0 Å². The third-order valence-corrected chi connectivity index (χ3v) is 3.08. The molecule has 0 spiro atoms. The lowest BCUT2D eigenvalue weighted by Gasteiger charge is -2.22. The molecule has 1 aliphatic heterocycles. The van der Waals surface area contributed by atoms with Crippen LogP contribution in [0.5, 0.6) is 5.75 Å². The zero-order chi connectivity index (χ0) is 12.4. The van der Waals surface area contributed by atoms with Gasteiger partial charge in [-0.05, 0) is 23.8 Å². The molecule has 0 aliphatic carbocycles. The van der Waals surface area contributed by atoms with Crippen LogP contribution in [0.4, 0.5) is 5.69 Å². The standard InChI is InChI=1S/C13H17NO3/c1-9(13(15)16)8-14(2)11-3-4-12-10(7-11)5-6-17-12/h3-4,7,9H,5-6,8H2,1-2H3,(H,15,16).